The zero-order valence-corrected chi connectivity index (χ0v) is 13.1. The number of aryl methyl sites for hydroxylation is 1. The molecule has 114 valence electrons. The number of urea groups is 1. The summed E-state index contributed by atoms with van der Waals surface area (Å²) >= 11 is 1.58. The van der Waals surface area contributed by atoms with E-state index < -0.39 is 12.0 Å². The van der Waals surface area contributed by atoms with Crippen LogP contribution >= 0.6 is 11.8 Å². The lowest BCUT2D eigenvalue weighted by Crippen LogP contribution is -2.53. The van der Waals surface area contributed by atoms with Crippen LogP contribution < -0.4 is 0 Å². The normalized spacial score (nSPS) is 18.4. The molecule has 0 bridgehead atoms. The quantitative estimate of drug-likeness (QED) is 0.928. The van der Waals surface area contributed by atoms with Crippen LogP contribution in [0.4, 0.5) is 4.79 Å². The molecule has 1 aliphatic rings. The monoisotopic (exact) mass is 308 g/mol. The third kappa shape index (κ3) is 3.91. The highest BCUT2D eigenvalue weighted by Crippen LogP contribution is 2.19. The minimum Gasteiger partial charge on any atom is -0.480 e. The van der Waals surface area contributed by atoms with Crippen molar-refractivity contribution >= 4 is 23.8 Å². The van der Waals surface area contributed by atoms with Gasteiger partial charge in [-0.05, 0) is 12.5 Å². The number of thioether (sulfide) groups is 1. The van der Waals surface area contributed by atoms with Gasteiger partial charge in [0.15, 0.2) is 0 Å². The van der Waals surface area contributed by atoms with Crippen LogP contribution in [0.1, 0.15) is 11.1 Å². The molecule has 0 radical (unpaired) electrons. The topological polar surface area (TPSA) is 60.9 Å². The second-order valence-electron chi connectivity index (χ2n) is 5.25. The van der Waals surface area contributed by atoms with Gasteiger partial charge in [0.2, 0.25) is 0 Å². The Morgan fingerprint density at radius 1 is 1.48 bits per heavy atom. The predicted molar refractivity (Wildman–Crippen MR) is 83.5 cm³/mol. The van der Waals surface area contributed by atoms with Gasteiger partial charge in [-0.3, -0.25) is 0 Å². The minimum absolute atomic E-state index is 0.218. The van der Waals surface area contributed by atoms with E-state index in [0.29, 0.717) is 18.8 Å². The molecule has 1 saturated heterocycles. The Hall–Kier alpha value is -1.69. The SMILES string of the molecule is Cc1cccc(CN(C)C(=O)N2CCSCC2C(=O)O)c1. The van der Waals surface area contributed by atoms with Crippen LogP contribution in [-0.4, -0.2) is 58.0 Å². The number of carboxylic acid groups (broad SMARTS) is 1. The summed E-state index contributed by atoms with van der Waals surface area (Å²) in [5.41, 5.74) is 2.19. The van der Waals surface area contributed by atoms with Gasteiger partial charge >= 0.3 is 12.0 Å². The maximum Gasteiger partial charge on any atom is 0.327 e. The molecule has 1 aliphatic heterocycles. The molecule has 0 aliphatic carbocycles. The highest BCUT2D eigenvalue weighted by Gasteiger charge is 2.33. The number of carbonyl (C=O) groups is 2. The van der Waals surface area contributed by atoms with Gasteiger partial charge in [-0.15, -0.1) is 0 Å². The van der Waals surface area contributed by atoms with Crippen molar-refractivity contribution in [3.05, 3.63) is 35.4 Å². The first-order chi connectivity index (χ1) is 9.99. The lowest BCUT2D eigenvalue weighted by atomic mass is 10.1. The van der Waals surface area contributed by atoms with Crippen molar-refractivity contribution < 1.29 is 14.7 Å². The van der Waals surface area contributed by atoms with Gasteiger partial charge in [0.05, 0.1) is 0 Å². The average Bonchev–Trinajstić information content (AvgIpc) is 2.46. The van der Waals surface area contributed by atoms with E-state index in [1.54, 1.807) is 23.7 Å². The van der Waals surface area contributed by atoms with Crippen LogP contribution in [0.25, 0.3) is 0 Å². The van der Waals surface area contributed by atoms with Crippen molar-refractivity contribution in [2.45, 2.75) is 19.5 Å². The van der Waals surface area contributed by atoms with E-state index in [9.17, 15) is 14.7 Å². The number of rotatable bonds is 3. The van der Waals surface area contributed by atoms with E-state index in [2.05, 4.69) is 0 Å². The lowest BCUT2D eigenvalue weighted by molar-refractivity contribution is -0.141. The maximum absolute atomic E-state index is 12.5. The van der Waals surface area contributed by atoms with Crippen LogP contribution in [-0.2, 0) is 11.3 Å². The summed E-state index contributed by atoms with van der Waals surface area (Å²) in [5.74, 6) is 0.312. The van der Waals surface area contributed by atoms with E-state index in [4.69, 9.17) is 0 Å². The largest absolute Gasteiger partial charge is 0.480 e. The zero-order chi connectivity index (χ0) is 15.4. The first-order valence-electron chi connectivity index (χ1n) is 6.87. The molecular formula is C15H20N2O3S. The highest BCUT2D eigenvalue weighted by molar-refractivity contribution is 7.99. The summed E-state index contributed by atoms with van der Waals surface area (Å²) in [6.45, 7) is 2.97. The van der Waals surface area contributed by atoms with E-state index in [0.717, 1.165) is 16.9 Å². The van der Waals surface area contributed by atoms with Gasteiger partial charge in [0.25, 0.3) is 0 Å². The van der Waals surface area contributed by atoms with Crippen molar-refractivity contribution in [3.8, 4) is 0 Å². The van der Waals surface area contributed by atoms with Crippen LogP contribution in [0, 0.1) is 6.92 Å². The fourth-order valence-corrected chi connectivity index (χ4v) is 3.45. The lowest BCUT2D eigenvalue weighted by Gasteiger charge is -2.35. The Morgan fingerprint density at radius 2 is 2.24 bits per heavy atom. The van der Waals surface area contributed by atoms with Crippen LogP contribution in [0.2, 0.25) is 0 Å². The van der Waals surface area contributed by atoms with Crippen LogP contribution in [0.3, 0.4) is 0 Å². The van der Waals surface area contributed by atoms with Gasteiger partial charge in [0, 0.05) is 31.6 Å². The predicted octanol–water partition coefficient (Wildman–Crippen LogP) is 2.05. The van der Waals surface area contributed by atoms with E-state index in [-0.39, 0.29) is 6.03 Å². The number of carbonyl (C=O) groups excluding carboxylic acids is 1. The van der Waals surface area contributed by atoms with Gasteiger partial charge in [-0.1, -0.05) is 29.8 Å². The second kappa shape index (κ2) is 6.85. The van der Waals surface area contributed by atoms with E-state index >= 15 is 0 Å². The van der Waals surface area contributed by atoms with E-state index in [1.807, 2.05) is 31.2 Å². The Morgan fingerprint density at radius 3 is 2.90 bits per heavy atom. The summed E-state index contributed by atoms with van der Waals surface area (Å²) in [7, 11) is 1.71. The standard InChI is InChI=1S/C15H20N2O3S/c1-11-4-3-5-12(8-11)9-16(2)15(20)17-6-7-21-10-13(17)14(18)19/h3-5,8,13H,6-7,9-10H2,1-2H3,(H,18,19). The molecule has 2 rings (SSSR count). The molecule has 1 aromatic carbocycles. The Kier molecular flexibility index (Phi) is 5.12. The van der Waals surface area contributed by atoms with Crippen molar-refractivity contribution in [2.24, 2.45) is 0 Å². The molecule has 6 heteroatoms. The van der Waals surface area contributed by atoms with Gasteiger partial charge in [0.1, 0.15) is 6.04 Å². The van der Waals surface area contributed by atoms with Crippen LogP contribution in [0.5, 0.6) is 0 Å². The highest BCUT2D eigenvalue weighted by atomic mass is 32.2. The molecule has 5 nitrogen and oxygen atoms in total. The van der Waals surface area contributed by atoms with Gasteiger partial charge < -0.3 is 14.9 Å². The first-order valence-corrected chi connectivity index (χ1v) is 8.02. The number of hydrogen-bond donors (Lipinski definition) is 1. The maximum atomic E-state index is 12.5. The number of aliphatic carboxylic acids is 1. The molecular weight excluding hydrogens is 288 g/mol. The van der Waals surface area contributed by atoms with Gasteiger partial charge in [-0.25, -0.2) is 9.59 Å². The first kappa shape index (κ1) is 15.7. The van der Waals surface area contributed by atoms with Crippen molar-refractivity contribution in [3.63, 3.8) is 0 Å². The number of amides is 2. The van der Waals surface area contributed by atoms with Crippen molar-refractivity contribution in [1.82, 2.24) is 9.80 Å². The summed E-state index contributed by atoms with van der Waals surface area (Å²) in [5, 5.41) is 9.24. The molecule has 1 aromatic rings. The molecule has 0 saturated carbocycles. The zero-order valence-electron chi connectivity index (χ0n) is 12.3. The number of carboxylic acids is 1. The molecule has 0 spiro atoms. The summed E-state index contributed by atoms with van der Waals surface area (Å²) in [4.78, 5) is 26.8. The summed E-state index contributed by atoms with van der Waals surface area (Å²) in [6.07, 6.45) is 0. The molecule has 1 atom stereocenters. The summed E-state index contributed by atoms with van der Waals surface area (Å²) in [6, 6.07) is 7.02. The second-order valence-corrected chi connectivity index (χ2v) is 6.40. The smallest absolute Gasteiger partial charge is 0.327 e. The minimum atomic E-state index is -0.931. The van der Waals surface area contributed by atoms with Crippen molar-refractivity contribution in [2.75, 3.05) is 25.1 Å². The Labute approximate surface area is 128 Å². The van der Waals surface area contributed by atoms with Crippen LogP contribution in [0.15, 0.2) is 24.3 Å². The molecule has 1 heterocycles. The number of benzene rings is 1. The third-order valence-corrected chi connectivity index (χ3v) is 4.51. The molecule has 1 fully saturated rings. The number of nitrogens with zero attached hydrogens (tertiary/aromatic N) is 2. The number of hydrogen-bond acceptors (Lipinski definition) is 3. The molecule has 1 unspecified atom stereocenters. The average molecular weight is 308 g/mol. The van der Waals surface area contributed by atoms with Gasteiger partial charge in [-0.2, -0.15) is 11.8 Å². The summed E-state index contributed by atoms with van der Waals surface area (Å²) < 4.78 is 0. The van der Waals surface area contributed by atoms with E-state index in [1.165, 1.54) is 4.90 Å². The molecule has 21 heavy (non-hydrogen) atoms. The fraction of sp³-hybridized carbons (Fsp3) is 0.467. The molecule has 1 N–H and O–H groups in total. The molecule has 2 amide bonds. The third-order valence-electron chi connectivity index (χ3n) is 3.49. The Balaban J connectivity index is 2.05. The molecule has 0 aromatic heterocycles. The Bertz CT molecular complexity index is 535. The van der Waals surface area contributed by atoms with Crippen molar-refractivity contribution in [1.29, 1.82) is 0 Å². The fourth-order valence-electron chi connectivity index (χ4n) is 2.41.